The zero-order valence-corrected chi connectivity index (χ0v) is 31.7. The summed E-state index contributed by atoms with van der Waals surface area (Å²) in [7, 11) is 0. The highest BCUT2D eigenvalue weighted by molar-refractivity contribution is 6.14. The third-order valence-electron chi connectivity index (χ3n) is 12.8. The molecule has 1 nitrogen and oxygen atoms in total. The van der Waals surface area contributed by atoms with Crippen LogP contribution in [0.2, 0.25) is 0 Å². The van der Waals surface area contributed by atoms with Gasteiger partial charge in [-0.15, -0.1) is 0 Å². The van der Waals surface area contributed by atoms with Gasteiger partial charge < -0.3 is 4.90 Å². The molecule has 0 saturated heterocycles. The summed E-state index contributed by atoms with van der Waals surface area (Å²) in [5, 5.41) is 7.70. The summed E-state index contributed by atoms with van der Waals surface area (Å²) in [6.07, 6.45) is 0. The molecule has 0 unspecified atom stereocenters. The van der Waals surface area contributed by atoms with Crippen molar-refractivity contribution >= 4 is 49.4 Å². The van der Waals surface area contributed by atoms with Gasteiger partial charge in [-0.1, -0.05) is 167 Å². The van der Waals surface area contributed by atoms with Crippen LogP contribution in [0.1, 0.15) is 49.9 Å². The normalized spacial score (nSPS) is 14.5. The summed E-state index contributed by atoms with van der Waals surface area (Å²) in [5.74, 6) is 0. The number of nitrogens with zero attached hydrogens (tertiary/aromatic N) is 1. The smallest absolute Gasteiger partial charge is 0.0549 e. The molecule has 9 aromatic carbocycles. The van der Waals surface area contributed by atoms with Gasteiger partial charge in [0.05, 0.1) is 5.69 Å². The minimum absolute atomic E-state index is 0.117. The highest BCUT2D eigenvalue weighted by atomic mass is 15.1. The second-order valence-electron chi connectivity index (χ2n) is 16.5. The largest absolute Gasteiger partial charge is 0.310 e. The van der Waals surface area contributed by atoms with Crippen LogP contribution in [0, 0.1) is 0 Å². The lowest BCUT2D eigenvalue weighted by molar-refractivity contribution is 0.660. The molecule has 2 aliphatic rings. The molecule has 0 N–H and O–H groups in total. The van der Waals surface area contributed by atoms with E-state index in [2.05, 4.69) is 209 Å². The lowest BCUT2D eigenvalue weighted by atomic mass is 9.80. The van der Waals surface area contributed by atoms with Gasteiger partial charge in [-0.2, -0.15) is 0 Å². The molecule has 0 bridgehead atoms. The van der Waals surface area contributed by atoms with Crippen LogP contribution in [-0.2, 0) is 10.8 Å². The molecular weight excluding hydrogens is 663 g/mol. The summed E-state index contributed by atoms with van der Waals surface area (Å²) in [6, 6.07) is 65.8. The van der Waals surface area contributed by atoms with E-state index in [4.69, 9.17) is 0 Å². The lowest BCUT2D eigenvalue weighted by Gasteiger charge is -2.31. The quantitative estimate of drug-likeness (QED) is 0.165. The maximum atomic E-state index is 2.53. The molecule has 55 heavy (non-hydrogen) atoms. The van der Waals surface area contributed by atoms with E-state index in [0.29, 0.717) is 0 Å². The lowest BCUT2D eigenvalue weighted by Crippen LogP contribution is -2.18. The van der Waals surface area contributed by atoms with Crippen LogP contribution in [0.4, 0.5) is 17.1 Å². The molecule has 0 amide bonds. The van der Waals surface area contributed by atoms with E-state index in [1.165, 1.54) is 99.3 Å². The van der Waals surface area contributed by atoms with Crippen LogP contribution in [0.25, 0.3) is 65.7 Å². The Morgan fingerprint density at radius 3 is 1.65 bits per heavy atom. The van der Waals surface area contributed by atoms with Crippen LogP contribution in [-0.4, -0.2) is 0 Å². The SMILES string of the molecule is CC1(C)c2ccccc2-c2ccc(N(c3ccc(-c4cc5ccccc5c5ccccc45)cc3)c3cc4ccccc4c4c3-c3ccccc3C4(C)C)cc21. The number of hydrogen-bond acceptors (Lipinski definition) is 1. The molecule has 1 heteroatoms. The van der Waals surface area contributed by atoms with Crippen molar-refractivity contribution in [1.82, 2.24) is 0 Å². The zero-order valence-electron chi connectivity index (χ0n) is 31.7. The highest BCUT2D eigenvalue weighted by Gasteiger charge is 2.40. The Bertz CT molecular complexity index is 3030. The second kappa shape index (κ2) is 11.5. The molecular formula is C54H41N. The number of benzene rings is 9. The maximum absolute atomic E-state index is 2.53. The maximum Gasteiger partial charge on any atom is 0.0549 e. The van der Waals surface area contributed by atoms with Crippen LogP contribution >= 0.6 is 0 Å². The molecule has 0 saturated carbocycles. The van der Waals surface area contributed by atoms with Crippen molar-refractivity contribution in [3.63, 3.8) is 0 Å². The fourth-order valence-corrected chi connectivity index (χ4v) is 10.2. The van der Waals surface area contributed by atoms with E-state index >= 15 is 0 Å². The van der Waals surface area contributed by atoms with Gasteiger partial charge >= 0.3 is 0 Å². The van der Waals surface area contributed by atoms with E-state index < -0.39 is 0 Å². The van der Waals surface area contributed by atoms with Crippen molar-refractivity contribution in [2.45, 2.75) is 38.5 Å². The van der Waals surface area contributed by atoms with Crippen LogP contribution in [0.5, 0.6) is 0 Å². The predicted molar refractivity (Wildman–Crippen MR) is 234 cm³/mol. The Morgan fingerprint density at radius 1 is 0.364 bits per heavy atom. The van der Waals surface area contributed by atoms with Gasteiger partial charge in [0, 0.05) is 27.8 Å². The van der Waals surface area contributed by atoms with Crippen molar-refractivity contribution in [2.75, 3.05) is 4.90 Å². The fraction of sp³-hybridized carbons (Fsp3) is 0.111. The van der Waals surface area contributed by atoms with Crippen molar-refractivity contribution in [3.05, 3.63) is 198 Å². The van der Waals surface area contributed by atoms with E-state index in [1.54, 1.807) is 0 Å². The summed E-state index contributed by atoms with van der Waals surface area (Å²) in [4.78, 5) is 2.53. The molecule has 11 rings (SSSR count). The molecule has 0 radical (unpaired) electrons. The van der Waals surface area contributed by atoms with Crippen LogP contribution in [0.3, 0.4) is 0 Å². The molecule has 0 spiro atoms. The Kier molecular flexibility index (Phi) is 6.72. The Hall–Kier alpha value is -6.44. The van der Waals surface area contributed by atoms with Gasteiger partial charge in [0.25, 0.3) is 0 Å². The van der Waals surface area contributed by atoms with Gasteiger partial charge in [-0.3, -0.25) is 0 Å². The molecule has 0 aliphatic heterocycles. The standard InChI is InChI=1S/C54H41N/c1-53(2)47-23-13-11-21-43(47)44-30-29-38(33-49(44)53)55(50-32-36-16-6-8-18-40(36)52-51(50)45-22-12-14-24-48(45)54(52,3)4)37-27-25-34(26-28-37)46-31-35-15-5-7-17-39(35)41-19-9-10-20-42(41)46/h5-33H,1-4H3. The number of anilines is 3. The Balaban J connectivity index is 1.17. The van der Waals surface area contributed by atoms with Crippen molar-refractivity contribution in [1.29, 1.82) is 0 Å². The van der Waals surface area contributed by atoms with E-state index in [-0.39, 0.29) is 10.8 Å². The first kappa shape index (κ1) is 32.0. The minimum atomic E-state index is -0.157. The van der Waals surface area contributed by atoms with Gasteiger partial charge in [0.15, 0.2) is 0 Å². The fourth-order valence-electron chi connectivity index (χ4n) is 10.2. The monoisotopic (exact) mass is 703 g/mol. The molecule has 0 heterocycles. The Labute approximate surface area is 323 Å². The summed E-state index contributed by atoms with van der Waals surface area (Å²) < 4.78 is 0. The molecule has 9 aromatic rings. The number of rotatable bonds is 4. The van der Waals surface area contributed by atoms with Gasteiger partial charge in [0.2, 0.25) is 0 Å². The van der Waals surface area contributed by atoms with Crippen molar-refractivity contribution in [2.24, 2.45) is 0 Å². The van der Waals surface area contributed by atoms with E-state index in [9.17, 15) is 0 Å². The Morgan fingerprint density at radius 2 is 0.909 bits per heavy atom. The first-order chi connectivity index (χ1) is 26.8. The average Bonchev–Trinajstić information content (AvgIpc) is 3.61. The highest BCUT2D eigenvalue weighted by Crippen LogP contribution is 2.58. The van der Waals surface area contributed by atoms with Gasteiger partial charge in [-0.25, -0.2) is 0 Å². The topological polar surface area (TPSA) is 3.24 Å². The molecule has 0 fully saturated rings. The number of fused-ring (bicyclic) bond motifs is 11. The second-order valence-corrected chi connectivity index (χ2v) is 16.5. The first-order valence-corrected chi connectivity index (χ1v) is 19.5. The summed E-state index contributed by atoms with van der Waals surface area (Å²) >= 11 is 0. The van der Waals surface area contributed by atoms with E-state index in [0.717, 1.165) is 5.69 Å². The van der Waals surface area contributed by atoms with Crippen molar-refractivity contribution in [3.8, 4) is 33.4 Å². The molecule has 262 valence electrons. The van der Waals surface area contributed by atoms with Crippen molar-refractivity contribution < 1.29 is 0 Å². The van der Waals surface area contributed by atoms with Gasteiger partial charge in [0.1, 0.15) is 0 Å². The third kappa shape index (κ3) is 4.53. The summed E-state index contributed by atoms with van der Waals surface area (Å²) in [6.45, 7) is 9.55. The van der Waals surface area contributed by atoms with Crippen LogP contribution < -0.4 is 4.90 Å². The number of hydrogen-bond donors (Lipinski definition) is 0. The van der Waals surface area contributed by atoms with Crippen LogP contribution in [0.15, 0.2) is 176 Å². The first-order valence-electron chi connectivity index (χ1n) is 19.5. The zero-order chi connectivity index (χ0) is 37.1. The van der Waals surface area contributed by atoms with Gasteiger partial charge in [-0.05, 0) is 119 Å². The predicted octanol–water partition coefficient (Wildman–Crippen LogP) is 14.9. The summed E-state index contributed by atoms with van der Waals surface area (Å²) in [5.41, 5.74) is 16.6. The average molecular weight is 704 g/mol. The molecule has 0 atom stereocenters. The minimum Gasteiger partial charge on any atom is -0.310 e. The molecule has 2 aliphatic carbocycles. The molecule has 0 aromatic heterocycles. The third-order valence-corrected chi connectivity index (χ3v) is 12.8. The van der Waals surface area contributed by atoms with E-state index in [1.807, 2.05) is 0 Å².